The molecule has 7 heteroatoms. The average molecular weight is 381 g/mol. The second-order valence-electron chi connectivity index (χ2n) is 7.07. The molecule has 1 N–H and O–H groups in total. The lowest BCUT2D eigenvalue weighted by molar-refractivity contribution is 0.169. The van der Waals surface area contributed by atoms with Gasteiger partial charge >= 0.3 is 0 Å². The van der Waals surface area contributed by atoms with E-state index in [1.165, 1.54) is 10.9 Å². The van der Waals surface area contributed by atoms with E-state index in [0.717, 1.165) is 62.3 Å². The fraction of sp³-hybridized carbons (Fsp3) is 0.429. The molecule has 0 amide bonds. The van der Waals surface area contributed by atoms with Gasteiger partial charge in [0.2, 0.25) is 0 Å². The van der Waals surface area contributed by atoms with E-state index in [4.69, 9.17) is 13.9 Å². The van der Waals surface area contributed by atoms with Crippen molar-refractivity contribution in [3.05, 3.63) is 53.6 Å². The Labute approximate surface area is 165 Å². The van der Waals surface area contributed by atoms with Crippen molar-refractivity contribution < 1.29 is 8.94 Å². The summed E-state index contributed by atoms with van der Waals surface area (Å²) in [6.07, 6.45) is 1.63. The Morgan fingerprint density at radius 3 is 2.71 bits per heavy atom. The van der Waals surface area contributed by atoms with Crippen LogP contribution >= 0.6 is 0 Å². The normalized spacial score (nSPS) is 16.1. The molecule has 1 fully saturated rings. The number of para-hydroxylation sites is 1. The number of fused-ring (bicyclic) bond motifs is 1. The van der Waals surface area contributed by atoms with Crippen LogP contribution in [0.3, 0.4) is 0 Å². The minimum atomic E-state index is 0.544. The molecule has 0 unspecified atom stereocenters. The number of rotatable bonds is 5. The van der Waals surface area contributed by atoms with Crippen LogP contribution in [-0.2, 0) is 13.1 Å². The van der Waals surface area contributed by atoms with Gasteiger partial charge in [0.25, 0.3) is 0 Å². The Bertz CT molecular complexity index is 924. The third kappa shape index (κ3) is 4.04. The zero-order chi connectivity index (χ0) is 19.3. The second-order valence-corrected chi connectivity index (χ2v) is 7.07. The van der Waals surface area contributed by atoms with Crippen molar-refractivity contribution in [2.75, 3.05) is 32.7 Å². The van der Waals surface area contributed by atoms with E-state index in [2.05, 4.69) is 40.2 Å². The molecule has 0 atom stereocenters. The second kappa shape index (κ2) is 8.48. The highest BCUT2D eigenvalue weighted by molar-refractivity contribution is 5.82. The van der Waals surface area contributed by atoms with Gasteiger partial charge in [-0.25, -0.2) is 4.99 Å². The number of nitrogens with one attached hydrogen (secondary N) is 1. The summed E-state index contributed by atoms with van der Waals surface area (Å²) in [5.41, 5.74) is 3.08. The first-order chi connectivity index (χ1) is 13.7. The summed E-state index contributed by atoms with van der Waals surface area (Å²) < 4.78 is 10.9. The number of nitrogens with zero attached hydrogens (tertiary/aromatic N) is 4. The van der Waals surface area contributed by atoms with Crippen LogP contribution in [0.4, 0.5) is 0 Å². The molecule has 1 aliphatic heterocycles. The van der Waals surface area contributed by atoms with E-state index in [1.54, 1.807) is 6.26 Å². The van der Waals surface area contributed by atoms with Gasteiger partial charge in [-0.2, -0.15) is 0 Å². The third-order valence-corrected chi connectivity index (χ3v) is 5.20. The number of benzene rings is 1. The number of aliphatic imine (C=N–C) groups is 1. The maximum Gasteiger partial charge on any atom is 0.194 e. The molecule has 7 nitrogen and oxygen atoms in total. The molecule has 0 radical (unpaired) electrons. The lowest BCUT2D eigenvalue weighted by Gasteiger charge is -2.36. The minimum Gasteiger partial charge on any atom is -0.459 e. The third-order valence-electron chi connectivity index (χ3n) is 5.20. The summed E-state index contributed by atoms with van der Waals surface area (Å²) >= 11 is 0. The summed E-state index contributed by atoms with van der Waals surface area (Å²) in [7, 11) is 0. The van der Waals surface area contributed by atoms with Crippen LogP contribution in [0.2, 0.25) is 0 Å². The summed E-state index contributed by atoms with van der Waals surface area (Å²) in [6.45, 7) is 10.2. The van der Waals surface area contributed by atoms with E-state index >= 15 is 0 Å². The molecule has 2 aromatic heterocycles. The molecule has 3 aromatic rings. The molecule has 28 heavy (non-hydrogen) atoms. The van der Waals surface area contributed by atoms with Crippen LogP contribution in [0.5, 0.6) is 0 Å². The minimum absolute atomic E-state index is 0.544. The van der Waals surface area contributed by atoms with Gasteiger partial charge in [0, 0.05) is 56.3 Å². The van der Waals surface area contributed by atoms with E-state index in [9.17, 15) is 0 Å². The van der Waals surface area contributed by atoms with Gasteiger partial charge in [-0.1, -0.05) is 23.4 Å². The number of furan rings is 1. The van der Waals surface area contributed by atoms with Crippen LogP contribution in [0, 0.1) is 6.92 Å². The number of piperazine rings is 1. The number of guanidine groups is 1. The molecule has 1 aromatic carbocycles. The maximum atomic E-state index is 6.01. The van der Waals surface area contributed by atoms with Crippen LogP contribution in [0.1, 0.15) is 23.9 Å². The molecule has 1 saturated heterocycles. The number of hydrogen-bond donors (Lipinski definition) is 1. The first-order valence-electron chi connectivity index (χ1n) is 9.86. The Kier molecular flexibility index (Phi) is 5.62. The van der Waals surface area contributed by atoms with Crippen molar-refractivity contribution in [1.82, 2.24) is 20.3 Å². The fourth-order valence-electron chi connectivity index (χ4n) is 3.61. The maximum absolute atomic E-state index is 6.01. The van der Waals surface area contributed by atoms with Crippen LogP contribution in [0.15, 0.2) is 50.5 Å². The van der Waals surface area contributed by atoms with Crippen molar-refractivity contribution in [1.29, 1.82) is 0 Å². The van der Waals surface area contributed by atoms with Gasteiger partial charge in [0.15, 0.2) is 5.96 Å². The number of hydrogen-bond acceptors (Lipinski definition) is 5. The lowest BCUT2D eigenvalue weighted by atomic mass is 10.1. The Morgan fingerprint density at radius 2 is 2.00 bits per heavy atom. The molecule has 0 spiro atoms. The molecule has 4 rings (SSSR count). The van der Waals surface area contributed by atoms with E-state index < -0.39 is 0 Å². The van der Waals surface area contributed by atoms with E-state index in [1.807, 2.05) is 24.3 Å². The van der Waals surface area contributed by atoms with Gasteiger partial charge in [-0.15, -0.1) is 0 Å². The first-order valence-corrected chi connectivity index (χ1v) is 9.86. The van der Waals surface area contributed by atoms with Gasteiger partial charge in [-0.3, -0.25) is 4.90 Å². The summed E-state index contributed by atoms with van der Waals surface area (Å²) in [6, 6.07) is 10.1. The quantitative estimate of drug-likeness (QED) is 0.541. The zero-order valence-corrected chi connectivity index (χ0v) is 16.5. The predicted molar refractivity (Wildman–Crippen MR) is 109 cm³/mol. The summed E-state index contributed by atoms with van der Waals surface area (Å²) in [5, 5.41) is 8.60. The summed E-state index contributed by atoms with van der Waals surface area (Å²) in [5.74, 6) is 1.88. The molecule has 3 heterocycles. The standard InChI is InChI=1S/C21H27N5O2/c1-3-22-21(23-14-20-16(2)18-6-4-5-7-19(18)28-20)26-11-9-25(10-12-26)15-17-8-13-27-24-17/h4-8,13H,3,9-12,14-15H2,1-2H3,(H,22,23). The van der Waals surface area contributed by atoms with Crippen molar-refractivity contribution in [2.24, 2.45) is 4.99 Å². The number of aromatic nitrogens is 1. The molecule has 1 aliphatic rings. The number of aryl methyl sites for hydroxylation is 1. The molecular formula is C21H27N5O2. The largest absolute Gasteiger partial charge is 0.459 e. The fourth-order valence-corrected chi connectivity index (χ4v) is 3.61. The van der Waals surface area contributed by atoms with Crippen molar-refractivity contribution in [2.45, 2.75) is 26.9 Å². The Hall–Kier alpha value is -2.80. The Morgan fingerprint density at radius 1 is 1.18 bits per heavy atom. The SMILES string of the molecule is CCNC(=NCc1oc2ccccc2c1C)N1CCN(Cc2ccon2)CC1. The molecule has 148 valence electrons. The van der Waals surface area contributed by atoms with E-state index in [0.29, 0.717) is 6.54 Å². The highest BCUT2D eigenvalue weighted by atomic mass is 16.5. The monoisotopic (exact) mass is 381 g/mol. The lowest BCUT2D eigenvalue weighted by Crippen LogP contribution is -2.52. The average Bonchev–Trinajstić information content (AvgIpc) is 3.34. The van der Waals surface area contributed by atoms with Crippen molar-refractivity contribution in [3.8, 4) is 0 Å². The molecule has 0 bridgehead atoms. The smallest absolute Gasteiger partial charge is 0.194 e. The Balaban J connectivity index is 1.41. The van der Waals surface area contributed by atoms with E-state index in [-0.39, 0.29) is 0 Å². The van der Waals surface area contributed by atoms with Gasteiger partial charge < -0.3 is 19.2 Å². The topological polar surface area (TPSA) is 70.0 Å². The highest BCUT2D eigenvalue weighted by Crippen LogP contribution is 2.25. The van der Waals surface area contributed by atoms with Crippen molar-refractivity contribution in [3.63, 3.8) is 0 Å². The van der Waals surface area contributed by atoms with Crippen LogP contribution < -0.4 is 5.32 Å². The van der Waals surface area contributed by atoms with Gasteiger partial charge in [0.1, 0.15) is 24.2 Å². The first kappa shape index (κ1) is 18.6. The highest BCUT2D eigenvalue weighted by Gasteiger charge is 2.20. The van der Waals surface area contributed by atoms with Gasteiger partial charge in [-0.05, 0) is 19.9 Å². The van der Waals surface area contributed by atoms with Gasteiger partial charge in [0.05, 0.1) is 5.69 Å². The molecule has 0 saturated carbocycles. The van der Waals surface area contributed by atoms with Crippen molar-refractivity contribution >= 4 is 16.9 Å². The zero-order valence-electron chi connectivity index (χ0n) is 16.5. The van der Waals surface area contributed by atoms with Crippen LogP contribution in [0.25, 0.3) is 11.0 Å². The van der Waals surface area contributed by atoms with Crippen LogP contribution in [-0.4, -0.2) is 53.6 Å². The predicted octanol–water partition coefficient (Wildman–Crippen LogP) is 3.01. The summed E-state index contributed by atoms with van der Waals surface area (Å²) in [4.78, 5) is 9.57. The molecule has 0 aliphatic carbocycles. The molecular weight excluding hydrogens is 354 g/mol.